The summed E-state index contributed by atoms with van der Waals surface area (Å²) in [6, 6.07) is 17.1. The highest BCUT2D eigenvalue weighted by molar-refractivity contribution is 6.01. The molecule has 0 saturated carbocycles. The molecule has 2 atom stereocenters. The number of pyridine rings is 1. The Hall–Kier alpha value is -3.45. The number of nitrogens with zero attached hydrogens (tertiary/aromatic N) is 2. The number of oxime groups is 1. The van der Waals surface area contributed by atoms with Crippen LogP contribution in [0.4, 0.5) is 0 Å². The molecule has 0 fully saturated rings. The number of para-hydroxylation sites is 1. The molecule has 7 nitrogen and oxygen atoms in total. The molecule has 1 aromatic heterocycles. The van der Waals surface area contributed by atoms with Crippen molar-refractivity contribution in [1.29, 1.82) is 0 Å². The van der Waals surface area contributed by atoms with Crippen molar-refractivity contribution in [2.24, 2.45) is 10.9 Å². The molecule has 7 heteroatoms. The molecule has 2 aromatic carbocycles. The minimum absolute atomic E-state index is 0.149. The summed E-state index contributed by atoms with van der Waals surface area (Å²) in [5, 5.41) is 14.0. The van der Waals surface area contributed by atoms with Crippen molar-refractivity contribution < 1.29 is 19.5 Å². The zero-order valence-corrected chi connectivity index (χ0v) is 16.6. The van der Waals surface area contributed by atoms with E-state index in [0.29, 0.717) is 13.0 Å². The van der Waals surface area contributed by atoms with Crippen LogP contribution in [-0.4, -0.2) is 33.9 Å². The van der Waals surface area contributed by atoms with E-state index in [4.69, 9.17) is 20.4 Å². The molecule has 0 saturated heterocycles. The number of ether oxygens (including phenoxy) is 1. The van der Waals surface area contributed by atoms with E-state index in [9.17, 15) is 4.79 Å². The van der Waals surface area contributed by atoms with Gasteiger partial charge in [0, 0.05) is 23.1 Å². The Morgan fingerprint density at radius 2 is 2.03 bits per heavy atom. The first kappa shape index (κ1) is 19.8. The average Bonchev–Trinajstić information content (AvgIpc) is 3.22. The number of hydrogen-bond donors (Lipinski definition) is 2. The lowest BCUT2D eigenvalue weighted by Crippen LogP contribution is -2.36. The summed E-state index contributed by atoms with van der Waals surface area (Å²) in [4.78, 5) is 20.7. The number of aromatic nitrogens is 1. The van der Waals surface area contributed by atoms with Crippen molar-refractivity contribution in [3.8, 4) is 5.75 Å². The van der Waals surface area contributed by atoms with Crippen LogP contribution in [0.3, 0.4) is 0 Å². The van der Waals surface area contributed by atoms with Crippen LogP contribution in [-0.2, 0) is 16.2 Å². The first-order chi connectivity index (χ1) is 14.5. The second-order valence-electron chi connectivity index (χ2n) is 7.40. The van der Waals surface area contributed by atoms with E-state index in [1.165, 1.54) is 0 Å². The Labute approximate surface area is 174 Å². The average molecular weight is 405 g/mol. The first-order valence-electron chi connectivity index (χ1n) is 9.78. The van der Waals surface area contributed by atoms with Crippen LogP contribution < -0.4 is 10.5 Å². The van der Waals surface area contributed by atoms with Gasteiger partial charge in [0.05, 0.1) is 23.7 Å². The van der Waals surface area contributed by atoms with Gasteiger partial charge in [0.15, 0.2) is 0 Å². The molecule has 1 aliphatic rings. The highest BCUT2D eigenvalue weighted by Gasteiger charge is 2.29. The maximum absolute atomic E-state index is 10.8. The topological polar surface area (TPSA) is 107 Å². The van der Waals surface area contributed by atoms with E-state index in [2.05, 4.69) is 10.1 Å². The van der Waals surface area contributed by atoms with Gasteiger partial charge in [0.25, 0.3) is 0 Å². The summed E-state index contributed by atoms with van der Waals surface area (Å²) in [6.07, 6.45) is -0.0874. The lowest BCUT2D eigenvalue weighted by molar-refractivity contribution is -0.138. The number of carboxylic acids is 1. The molecule has 1 aliphatic heterocycles. The van der Waals surface area contributed by atoms with Gasteiger partial charge in [0.1, 0.15) is 18.5 Å². The number of rotatable bonds is 7. The molecule has 2 unspecified atom stereocenters. The van der Waals surface area contributed by atoms with E-state index < -0.39 is 18.1 Å². The molecule has 30 heavy (non-hydrogen) atoms. The van der Waals surface area contributed by atoms with E-state index >= 15 is 0 Å². The third kappa shape index (κ3) is 4.41. The summed E-state index contributed by atoms with van der Waals surface area (Å²) in [7, 11) is 0. The number of hydrogen-bond acceptors (Lipinski definition) is 6. The number of carbonyl (C=O) groups is 1. The molecule has 0 spiro atoms. The third-order valence-corrected chi connectivity index (χ3v) is 5.09. The minimum atomic E-state index is -0.946. The number of nitrogens with two attached hydrogens (primary N) is 1. The van der Waals surface area contributed by atoms with E-state index in [0.717, 1.165) is 39.2 Å². The lowest BCUT2D eigenvalue weighted by atomic mass is 9.99. The number of carboxylic acid groups (broad SMARTS) is 1. The zero-order chi connectivity index (χ0) is 21.1. The molecule has 0 radical (unpaired) electrons. The van der Waals surface area contributed by atoms with Crippen LogP contribution in [0, 0.1) is 6.92 Å². The molecular formula is C23H23N3O4. The summed E-state index contributed by atoms with van der Waals surface area (Å²) in [6.45, 7) is 2.42. The molecule has 3 aromatic rings. The molecule has 4 rings (SSSR count). The summed E-state index contributed by atoms with van der Waals surface area (Å²) >= 11 is 0. The largest absolute Gasteiger partial charge is 0.489 e. The molecule has 0 aliphatic carbocycles. The van der Waals surface area contributed by atoms with Gasteiger partial charge in [-0.15, -0.1) is 0 Å². The molecule has 2 heterocycles. The number of fused-ring (bicyclic) bond motifs is 1. The maximum Gasteiger partial charge on any atom is 0.305 e. The fourth-order valence-electron chi connectivity index (χ4n) is 3.55. The Morgan fingerprint density at radius 3 is 2.80 bits per heavy atom. The van der Waals surface area contributed by atoms with E-state index in [1.807, 2.05) is 61.5 Å². The highest BCUT2D eigenvalue weighted by atomic mass is 16.6. The Balaban J connectivity index is 1.40. The van der Waals surface area contributed by atoms with Crippen molar-refractivity contribution >= 4 is 22.6 Å². The quantitative estimate of drug-likeness (QED) is 0.624. The van der Waals surface area contributed by atoms with Gasteiger partial charge in [0.2, 0.25) is 0 Å². The predicted molar refractivity (Wildman–Crippen MR) is 114 cm³/mol. The predicted octanol–water partition coefficient (Wildman–Crippen LogP) is 3.42. The van der Waals surface area contributed by atoms with Crippen molar-refractivity contribution in [3.63, 3.8) is 0 Å². The molecule has 0 amide bonds. The number of aryl methyl sites for hydroxylation is 1. The van der Waals surface area contributed by atoms with Crippen LogP contribution in [0.2, 0.25) is 0 Å². The van der Waals surface area contributed by atoms with E-state index in [-0.39, 0.29) is 6.42 Å². The molecular weight excluding hydrogens is 382 g/mol. The number of benzene rings is 2. The number of aliphatic carboxylic acids is 1. The van der Waals surface area contributed by atoms with Crippen molar-refractivity contribution in [2.45, 2.75) is 38.5 Å². The third-order valence-electron chi connectivity index (χ3n) is 5.09. The van der Waals surface area contributed by atoms with Crippen LogP contribution in [0.5, 0.6) is 5.75 Å². The van der Waals surface area contributed by atoms with Crippen LogP contribution in [0.25, 0.3) is 10.9 Å². The summed E-state index contributed by atoms with van der Waals surface area (Å²) in [5.41, 5.74) is 10.5. The smallest absolute Gasteiger partial charge is 0.305 e. The second-order valence-corrected chi connectivity index (χ2v) is 7.40. The Kier molecular flexibility index (Phi) is 5.63. The maximum atomic E-state index is 10.8. The normalized spacial score (nSPS) is 16.7. The standard InChI is InChI=1S/C23H23N3O4/c1-14-10-16(18-4-2-3-5-20(18)25-14)13-29-17-8-6-15(7-9-17)21-12-22(30-26-21)19(24)11-23(27)28/h2-10,19,22H,11-13,24H2,1H3,(H,27,28). The van der Waals surface area contributed by atoms with Gasteiger partial charge in [-0.2, -0.15) is 0 Å². The summed E-state index contributed by atoms with van der Waals surface area (Å²) < 4.78 is 5.99. The van der Waals surface area contributed by atoms with Crippen LogP contribution in [0.1, 0.15) is 29.7 Å². The van der Waals surface area contributed by atoms with Crippen LogP contribution >= 0.6 is 0 Å². The molecule has 154 valence electrons. The van der Waals surface area contributed by atoms with Gasteiger partial charge in [-0.05, 0) is 48.9 Å². The van der Waals surface area contributed by atoms with E-state index in [1.54, 1.807) is 0 Å². The molecule has 3 N–H and O–H groups in total. The first-order valence-corrected chi connectivity index (χ1v) is 9.78. The monoisotopic (exact) mass is 405 g/mol. The van der Waals surface area contributed by atoms with Crippen LogP contribution in [0.15, 0.2) is 59.8 Å². The van der Waals surface area contributed by atoms with Gasteiger partial charge >= 0.3 is 5.97 Å². The van der Waals surface area contributed by atoms with Gasteiger partial charge in [-0.25, -0.2) is 0 Å². The van der Waals surface area contributed by atoms with Crippen molar-refractivity contribution in [3.05, 3.63) is 71.4 Å². The van der Waals surface area contributed by atoms with Gasteiger partial charge in [-0.3, -0.25) is 9.78 Å². The fourth-order valence-corrected chi connectivity index (χ4v) is 3.55. The fraction of sp³-hybridized carbons (Fsp3) is 0.261. The van der Waals surface area contributed by atoms with Gasteiger partial charge in [-0.1, -0.05) is 23.4 Å². The SMILES string of the molecule is Cc1cc(COc2ccc(C3=NOC(C(N)CC(=O)O)C3)cc2)c2ccccc2n1. The van der Waals surface area contributed by atoms with Gasteiger partial charge < -0.3 is 20.4 Å². The highest BCUT2D eigenvalue weighted by Crippen LogP contribution is 2.23. The lowest BCUT2D eigenvalue weighted by Gasteiger charge is -2.14. The van der Waals surface area contributed by atoms with Crippen molar-refractivity contribution in [2.75, 3.05) is 0 Å². The summed E-state index contributed by atoms with van der Waals surface area (Å²) in [5.74, 6) is -0.200. The Morgan fingerprint density at radius 1 is 1.27 bits per heavy atom. The Bertz CT molecular complexity index is 1100. The second kappa shape index (κ2) is 8.51. The minimum Gasteiger partial charge on any atom is -0.489 e. The molecule has 0 bridgehead atoms. The van der Waals surface area contributed by atoms with Crippen molar-refractivity contribution in [1.82, 2.24) is 4.98 Å². The zero-order valence-electron chi connectivity index (χ0n) is 16.6.